The second-order valence-electron chi connectivity index (χ2n) is 7.66. The maximum absolute atomic E-state index is 14.7. The van der Waals surface area contributed by atoms with Crippen LogP contribution in [0.1, 0.15) is 23.1 Å². The van der Waals surface area contributed by atoms with E-state index in [2.05, 4.69) is 25.3 Å². The van der Waals surface area contributed by atoms with Crippen molar-refractivity contribution in [2.24, 2.45) is 18.7 Å². The van der Waals surface area contributed by atoms with Crippen LogP contribution >= 0.6 is 0 Å². The fourth-order valence-electron chi connectivity index (χ4n) is 3.62. The number of carbonyl (C=O) groups excluding carboxylic acids is 1. The smallest absolute Gasteiger partial charge is 0.267 e. The number of aliphatic hydroxyl groups is 2. The number of aryl methyl sites for hydroxylation is 3. The lowest BCUT2D eigenvalue weighted by molar-refractivity contribution is 0.0995. The second kappa shape index (κ2) is 8.67. The predicted molar refractivity (Wildman–Crippen MR) is 115 cm³/mol. The number of primary amides is 1. The summed E-state index contributed by atoms with van der Waals surface area (Å²) < 4.78 is 19.2. The molecule has 4 aromatic rings. The Morgan fingerprint density at radius 3 is 2.58 bits per heavy atom. The zero-order chi connectivity index (χ0) is 23.9. The number of nitrogens with two attached hydrogens (primary N) is 1. The van der Waals surface area contributed by atoms with Crippen molar-refractivity contribution in [3.63, 3.8) is 0 Å². The highest BCUT2D eigenvalue weighted by Gasteiger charge is 2.25. The van der Waals surface area contributed by atoms with Gasteiger partial charge in [0.2, 0.25) is 5.82 Å². The van der Waals surface area contributed by atoms with E-state index in [9.17, 15) is 19.4 Å². The van der Waals surface area contributed by atoms with Crippen LogP contribution < -0.4 is 5.73 Å². The summed E-state index contributed by atoms with van der Waals surface area (Å²) in [4.78, 5) is 20.9. The molecule has 0 atom stereocenters. The van der Waals surface area contributed by atoms with Gasteiger partial charge in [-0.3, -0.25) is 14.2 Å². The summed E-state index contributed by atoms with van der Waals surface area (Å²) in [6.07, 6.45) is 1.55. The van der Waals surface area contributed by atoms with Crippen molar-refractivity contribution in [3.05, 3.63) is 29.5 Å². The van der Waals surface area contributed by atoms with Gasteiger partial charge in [0, 0.05) is 44.7 Å². The lowest BCUT2D eigenvalue weighted by atomic mass is 10.1. The highest BCUT2D eigenvalue weighted by molar-refractivity contribution is 5.99. The molecule has 4 aromatic heterocycles. The summed E-state index contributed by atoms with van der Waals surface area (Å²) >= 11 is 0. The monoisotopic (exact) mass is 457 g/mol. The predicted octanol–water partition coefficient (Wildman–Crippen LogP) is 0.257. The van der Waals surface area contributed by atoms with Crippen molar-refractivity contribution in [3.8, 4) is 23.0 Å². The third kappa shape index (κ3) is 3.85. The van der Waals surface area contributed by atoms with Crippen LogP contribution in [0.2, 0.25) is 0 Å². The molecule has 174 valence electrons. The Morgan fingerprint density at radius 1 is 1.21 bits per heavy atom. The Labute approximate surface area is 187 Å². The summed E-state index contributed by atoms with van der Waals surface area (Å²) in [6.45, 7) is 3.57. The summed E-state index contributed by atoms with van der Waals surface area (Å²) in [5, 5.41) is 32.3. The third-order valence-corrected chi connectivity index (χ3v) is 5.38. The van der Waals surface area contributed by atoms with Crippen LogP contribution in [0, 0.1) is 18.7 Å². The fraction of sp³-hybridized carbons (Fsp3) is 0.400. The molecule has 0 spiro atoms. The first-order chi connectivity index (χ1) is 15.8. The molecular formula is C20H24FN9O3. The van der Waals surface area contributed by atoms with Gasteiger partial charge in [-0.15, -0.1) is 5.10 Å². The number of amides is 1. The zero-order valence-electron chi connectivity index (χ0n) is 18.4. The summed E-state index contributed by atoms with van der Waals surface area (Å²) in [6, 6.07) is 1.49. The molecule has 4 rings (SSSR count). The Morgan fingerprint density at radius 2 is 1.94 bits per heavy atom. The number of rotatable bonds is 8. The van der Waals surface area contributed by atoms with E-state index >= 15 is 0 Å². The first-order valence-electron chi connectivity index (χ1n) is 10.3. The number of fused-ring (bicyclic) bond motifs is 1. The maximum atomic E-state index is 14.7. The molecule has 12 nitrogen and oxygen atoms in total. The molecule has 1 amide bonds. The van der Waals surface area contributed by atoms with Crippen LogP contribution in [-0.2, 0) is 20.1 Å². The minimum Gasteiger partial charge on any atom is -0.396 e. The number of aliphatic hydroxyl groups excluding tert-OH is 2. The summed E-state index contributed by atoms with van der Waals surface area (Å²) in [5.74, 6) is -1.30. The summed E-state index contributed by atoms with van der Waals surface area (Å²) in [7, 11) is 1.63. The minimum absolute atomic E-state index is 0.0195. The van der Waals surface area contributed by atoms with Crippen LogP contribution in [0.4, 0.5) is 4.39 Å². The molecular weight excluding hydrogens is 433 g/mol. The second-order valence-corrected chi connectivity index (χ2v) is 7.66. The van der Waals surface area contributed by atoms with E-state index in [1.54, 1.807) is 24.9 Å². The number of hydrogen-bond acceptors (Lipinski definition) is 8. The largest absolute Gasteiger partial charge is 0.396 e. The third-order valence-electron chi connectivity index (χ3n) is 5.38. The topological polar surface area (TPSA) is 163 Å². The quantitative estimate of drug-likeness (QED) is 0.339. The van der Waals surface area contributed by atoms with Gasteiger partial charge in [-0.25, -0.2) is 19.0 Å². The van der Waals surface area contributed by atoms with Crippen molar-refractivity contribution in [1.29, 1.82) is 0 Å². The number of carbonyl (C=O) groups is 1. The van der Waals surface area contributed by atoms with Gasteiger partial charge in [-0.2, -0.15) is 10.2 Å². The molecule has 0 saturated carbocycles. The molecule has 0 aliphatic rings. The van der Waals surface area contributed by atoms with Crippen LogP contribution in [0.15, 0.2) is 12.3 Å². The molecule has 0 fully saturated rings. The molecule has 13 heteroatoms. The van der Waals surface area contributed by atoms with Crippen LogP contribution in [0.5, 0.6) is 0 Å². The standard InChI is InChI=1S/C20H24FN9O3/c1-4-29-17(15(21)10(2)26-29)19-25-20(28(3)27-19)16-12-6-23-30(7-11(8-31)9-32)14(12)5-13(24-16)18(22)33/h5-6,11,31-32H,4,7-9H2,1-3H3,(H2,22,33). The molecule has 4 heterocycles. The van der Waals surface area contributed by atoms with Crippen molar-refractivity contribution < 1.29 is 19.4 Å². The van der Waals surface area contributed by atoms with Crippen molar-refractivity contribution in [2.75, 3.05) is 13.2 Å². The van der Waals surface area contributed by atoms with E-state index in [0.717, 1.165) is 0 Å². The highest BCUT2D eigenvalue weighted by Crippen LogP contribution is 2.30. The van der Waals surface area contributed by atoms with Gasteiger partial charge in [0.15, 0.2) is 11.6 Å². The Hall–Kier alpha value is -3.71. The number of pyridine rings is 1. The normalized spacial score (nSPS) is 11.7. The van der Waals surface area contributed by atoms with Gasteiger partial charge in [0.25, 0.3) is 5.91 Å². The van der Waals surface area contributed by atoms with Crippen LogP contribution in [0.25, 0.3) is 33.9 Å². The fourth-order valence-corrected chi connectivity index (χ4v) is 3.62. The van der Waals surface area contributed by atoms with Gasteiger partial charge in [-0.1, -0.05) is 0 Å². The lowest BCUT2D eigenvalue weighted by Crippen LogP contribution is -2.19. The lowest BCUT2D eigenvalue weighted by Gasteiger charge is -2.12. The number of halogens is 1. The maximum Gasteiger partial charge on any atom is 0.267 e. The van der Waals surface area contributed by atoms with Crippen molar-refractivity contribution >= 4 is 16.8 Å². The van der Waals surface area contributed by atoms with Crippen molar-refractivity contribution in [2.45, 2.75) is 26.9 Å². The van der Waals surface area contributed by atoms with Gasteiger partial charge >= 0.3 is 0 Å². The average molecular weight is 457 g/mol. The van der Waals surface area contributed by atoms with Crippen LogP contribution in [0.3, 0.4) is 0 Å². The SMILES string of the molecule is CCn1nc(C)c(F)c1-c1nc(-c2nc(C(N)=O)cc3c2cnn3CC(CO)CO)n(C)n1. The number of hydrogen-bond donors (Lipinski definition) is 3. The summed E-state index contributed by atoms with van der Waals surface area (Å²) in [5.41, 5.74) is 6.69. The van der Waals surface area contributed by atoms with Crippen molar-refractivity contribution in [1.82, 2.24) is 39.3 Å². The molecule has 0 aromatic carbocycles. The van der Waals surface area contributed by atoms with Gasteiger partial charge < -0.3 is 15.9 Å². The number of nitrogens with zero attached hydrogens (tertiary/aromatic N) is 8. The zero-order valence-corrected chi connectivity index (χ0v) is 18.4. The Bertz CT molecular complexity index is 1340. The van der Waals surface area contributed by atoms with E-state index in [1.165, 1.54) is 15.4 Å². The molecule has 0 aliphatic carbocycles. The van der Waals surface area contributed by atoms with E-state index in [4.69, 9.17) is 5.73 Å². The Kier molecular flexibility index (Phi) is 5.91. The van der Waals surface area contributed by atoms with E-state index in [0.29, 0.717) is 17.4 Å². The molecule has 0 bridgehead atoms. The first kappa shape index (κ1) is 22.5. The first-order valence-corrected chi connectivity index (χ1v) is 10.3. The highest BCUT2D eigenvalue weighted by atomic mass is 19.1. The van der Waals surface area contributed by atoms with E-state index in [1.807, 2.05) is 6.92 Å². The molecule has 0 radical (unpaired) electrons. The van der Waals surface area contributed by atoms with Gasteiger partial charge in [0.05, 0.1) is 17.4 Å². The van der Waals surface area contributed by atoms with Crippen LogP contribution in [-0.4, -0.2) is 68.6 Å². The molecule has 0 aliphatic heterocycles. The minimum atomic E-state index is -0.750. The van der Waals surface area contributed by atoms with Gasteiger partial charge in [-0.05, 0) is 19.9 Å². The van der Waals surface area contributed by atoms with Gasteiger partial charge in [0.1, 0.15) is 17.1 Å². The van der Waals surface area contributed by atoms with E-state index < -0.39 is 17.6 Å². The molecule has 0 unspecified atom stereocenters. The number of aromatic nitrogens is 8. The molecule has 4 N–H and O–H groups in total. The van der Waals surface area contributed by atoms with E-state index in [-0.39, 0.29) is 54.2 Å². The average Bonchev–Trinajstić information content (AvgIpc) is 3.46. The Balaban J connectivity index is 1.90. The molecule has 0 saturated heterocycles. The molecule has 33 heavy (non-hydrogen) atoms.